The van der Waals surface area contributed by atoms with E-state index in [0.717, 1.165) is 18.8 Å². The maximum atomic E-state index is 8.32. The molecule has 3 atom stereocenters. The van der Waals surface area contributed by atoms with Crippen molar-refractivity contribution in [1.82, 2.24) is 0 Å². The van der Waals surface area contributed by atoms with Gasteiger partial charge in [-0.2, -0.15) is 0 Å². The van der Waals surface area contributed by atoms with E-state index in [1.165, 1.54) is 19.3 Å². The Labute approximate surface area is 232 Å². The van der Waals surface area contributed by atoms with E-state index in [-0.39, 0.29) is 17.8 Å². The number of para-hydroxylation sites is 1. The minimum atomic E-state index is -0.467. The highest BCUT2D eigenvalue weighted by Crippen LogP contribution is 2.21. The lowest BCUT2D eigenvalue weighted by molar-refractivity contribution is -0.124. The molecule has 1 rings (SSSR count). The summed E-state index contributed by atoms with van der Waals surface area (Å²) in [6, 6.07) is 9.79. The van der Waals surface area contributed by atoms with Gasteiger partial charge >= 0.3 is 0 Å². The van der Waals surface area contributed by atoms with Crippen molar-refractivity contribution in [3.05, 3.63) is 42.7 Å². The second-order valence-electron chi connectivity index (χ2n) is 11.8. The van der Waals surface area contributed by atoms with Gasteiger partial charge in [0.1, 0.15) is 24.2 Å². The summed E-state index contributed by atoms with van der Waals surface area (Å²) in [5.74, 6) is 1.77. The van der Waals surface area contributed by atoms with E-state index in [4.69, 9.17) is 29.1 Å². The van der Waals surface area contributed by atoms with Gasteiger partial charge < -0.3 is 29.1 Å². The van der Waals surface area contributed by atoms with Crippen molar-refractivity contribution < 1.29 is 23.7 Å². The summed E-state index contributed by atoms with van der Waals surface area (Å²) >= 11 is 0. The van der Waals surface area contributed by atoms with Crippen molar-refractivity contribution in [3.8, 4) is 5.75 Å². The molecule has 1 aromatic rings. The van der Waals surface area contributed by atoms with Crippen LogP contribution in [0.1, 0.15) is 93.9 Å². The molecule has 0 aliphatic heterocycles. The van der Waals surface area contributed by atoms with Crippen LogP contribution in [0.15, 0.2) is 42.7 Å². The Balaban J connectivity index is 2.60. The molecule has 0 aliphatic carbocycles. The Hall–Kier alpha value is -1.89. The van der Waals surface area contributed by atoms with Gasteiger partial charge in [-0.15, -0.1) is 0 Å². The van der Waals surface area contributed by atoms with Crippen LogP contribution in [0.25, 0.3) is 0 Å². The minimum absolute atomic E-state index is 0.0812. The van der Waals surface area contributed by atoms with E-state index < -0.39 is 5.60 Å². The van der Waals surface area contributed by atoms with Crippen molar-refractivity contribution in [2.75, 3.05) is 26.4 Å². The highest BCUT2D eigenvalue weighted by Gasteiger charge is 2.26. The Morgan fingerprint density at radius 3 is 2.26 bits per heavy atom. The normalized spacial score (nSPS) is 14.5. The molecular formula is C32H55NO5. The first kappa shape index (κ1) is 34.1. The van der Waals surface area contributed by atoms with Crippen LogP contribution >= 0.6 is 0 Å². The zero-order chi connectivity index (χ0) is 28.6. The van der Waals surface area contributed by atoms with Crippen LogP contribution in [0.5, 0.6) is 5.75 Å². The van der Waals surface area contributed by atoms with Gasteiger partial charge in [0, 0.05) is 19.4 Å². The molecule has 0 fully saturated rings. The SMILES string of the molecule is C=C(OCCC(C)(C)OC(COCC(CC)CCCC)COc1ccccc1)C(=N)CC(C)OC(C)(C)C. The van der Waals surface area contributed by atoms with Gasteiger partial charge in [-0.05, 0) is 66.0 Å². The predicted octanol–water partition coefficient (Wildman–Crippen LogP) is 8.00. The van der Waals surface area contributed by atoms with E-state index in [2.05, 4.69) is 34.3 Å². The number of ether oxygens (including phenoxy) is 5. The minimum Gasteiger partial charge on any atom is -0.492 e. The number of hydrogen-bond acceptors (Lipinski definition) is 6. The average molecular weight is 534 g/mol. The molecule has 6 nitrogen and oxygen atoms in total. The average Bonchev–Trinajstić information content (AvgIpc) is 2.83. The molecule has 1 aromatic carbocycles. The lowest BCUT2D eigenvalue weighted by Gasteiger charge is -2.31. The molecular weight excluding hydrogens is 478 g/mol. The van der Waals surface area contributed by atoms with Gasteiger partial charge in [0.05, 0.1) is 36.2 Å². The highest BCUT2D eigenvalue weighted by atomic mass is 16.6. The van der Waals surface area contributed by atoms with Gasteiger partial charge in [0.25, 0.3) is 0 Å². The number of unbranched alkanes of at least 4 members (excludes halogenated alkanes) is 1. The lowest BCUT2D eigenvalue weighted by atomic mass is 10.0. The number of hydrogen-bond donors (Lipinski definition) is 1. The van der Waals surface area contributed by atoms with E-state index in [0.29, 0.717) is 50.1 Å². The third-order valence-corrected chi connectivity index (χ3v) is 6.23. The van der Waals surface area contributed by atoms with E-state index in [1.54, 1.807) is 0 Å². The summed E-state index contributed by atoms with van der Waals surface area (Å²) < 4.78 is 30.4. The molecule has 0 amide bonds. The third-order valence-electron chi connectivity index (χ3n) is 6.23. The van der Waals surface area contributed by atoms with Crippen molar-refractivity contribution in [2.24, 2.45) is 5.92 Å². The molecule has 0 saturated carbocycles. The number of nitrogens with one attached hydrogen (secondary N) is 1. The number of rotatable bonds is 21. The standard InChI is InChI=1S/C32H55NO5/c1-10-12-16-27(11-2)22-34-23-29(24-36-28-17-14-13-15-18-28)38-32(8,9)19-20-35-26(4)30(33)21-25(3)37-31(5,6)7/h13-15,17-18,25,27,29,33H,4,10-12,16,19-24H2,1-3,5-9H3. The molecule has 6 heteroatoms. The molecule has 0 heterocycles. The van der Waals surface area contributed by atoms with Gasteiger partial charge in [-0.25, -0.2) is 0 Å². The van der Waals surface area contributed by atoms with Crippen molar-refractivity contribution in [1.29, 1.82) is 5.41 Å². The first-order chi connectivity index (χ1) is 17.8. The first-order valence-electron chi connectivity index (χ1n) is 14.4. The number of benzene rings is 1. The zero-order valence-electron chi connectivity index (χ0n) is 25.4. The smallest absolute Gasteiger partial charge is 0.132 e. The molecule has 38 heavy (non-hydrogen) atoms. The van der Waals surface area contributed by atoms with Crippen molar-refractivity contribution in [3.63, 3.8) is 0 Å². The first-order valence-corrected chi connectivity index (χ1v) is 14.4. The fraction of sp³-hybridized carbons (Fsp3) is 0.719. The summed E-state index contributed by atoms with van der Waals surface area (Å²) in [4.78, 5) is 0. The Kier molecular flexibility index (Phi) is 15.9. The zero-order valence-corrected chi connectivity index (χ0v) is 25.4. The van der Waals surface area contributed by atoms with Crippen LogP contribution in [-0.2, 0) is 18.9 Å². The molecule has 218 valence electrons. The van der Waals surface area contributed by atoms with E-state index in [1.807, 2.05) is 58.0 Å². The summed E-state index contributed by atoms with van der Waals surface area (Å²) in [5, 5.41) is 8.32. The monoisotopic (exact) mass is 533 g/mol. The summed E-state index contributed by atoms with van der Waals surface area (Å²) in [6.07, 6.45) is 5.56. The molecule has 3 unspecified atom stereocenters. The fourth-order valence-electron chi connectivity index (χ4n) is 4.15. The Morgan fingerprint density at radius 2 is 1.66 bits per heavy atom. The largest absolute Gasteiger partial charge is 0.492 e. The van der Waals surface area contributed by atoms with E-state index in [9.17, 15) is 0 Å². The Bertz CT molecular complexity index is 787. The van der Waals surface area contributed by atoms with Crippen LogP contribution in [0.3, 0.4) is 0 Å². The van der Waals surface area contributed by atoms with Crippen LogP contribution in [0, 0.1) is 11.3 Å². The van der Waals surface area contributed by atoms with Gasteiger partial charge in [-0.3, -0.25) is 0 Å². The maximum absolute atomic E-state index is 8.32. The summed E-state index contributed by atoms with van der Waals surface area (Å²) in [5.41, 5.74) is -0.358. The quantitative estimate of drug-likeness (QED) is 0.128. The second-order valence-corrected chi connectivity index (χ2v) is 11.8. The summed E-state index contributed by atoms with van der Waals surface area (Å²) in [6.45, 7) is 22.5. The van der Waals surface area contributed by atoms with Crippen molar-refractivity contribution >= 4 is 5.71 Å². The highest BCUT2D eigenvalue weighted by molar-refractivity contribution is 5.95. The fourth-order valence-corrected chi connectivity index (χ4v) is 4.15. The van der Waals surface area contributed by atoms with Crippen LogP contribution in [-0.4, -0.2) is 55.5 Å². The van der Waals surface area contributed by atoms with Gasteiger partial charge in [0.15, 0.2) is 0 Å². The summed E-state index contributed by atoms with van der Waals surface area (Å²) in [7, 11) is 0. The molecule has 1 N–H and O–H groups in total. The molecule has 0 spiro atoms. The topological polar surface area (TPSA) is 70.0 Å². The van der Waals surface area contributed by atoms with Crippen LogP contribution in [0.2, 0.25) is 0 Å². The van der Waals surface area contributed by atoms with Crippen LogP contribution < -0.4 is 4.74 Å². The van der Waals surface area contributed by atoms with Gasteiger partial charge in [-0.1, -0.05) is 57.9 Å². The maximum Gasteiger partial charge on any atom is 0.132 e. The van der Waals surface area contributed by atoms with Gasteiger partial charge in [0.2, 0.25) is 0 Å². The van der Waals surface area contributed by atoms with E-state index >= 15 is 0 Å². The predicted molar refractivity (Wildman–Crippen MR) is 157 cm³/mol. The second kappa shape index (κ2) is 17.6. The molecule has 0 bridgehead atoms. The molecule has 0 saturated heterocycles. The third kappa shape index (κ3) is 16.2. The lowest BCUT2D eigenvalue weighted by Crippen LogP contribution is -2.38. The molecule has 0 aliphatic rings. The van der Waals surface area contributed by atoms with Crippen LogP contribution in [0.4, 0.5) is 0 Å². The van der Waals surface area contributed by atoms with Crippen molar-refractivity contribution in [2.45, 2.75) is 117 Å². The number of allylic oxidation sites excluding steroid dienone is 1. The molecule has 0 radical (unpaired) electrons. The molecule has 0 aromatic heterocycles. The Morgan fingerprint density at radius 1 is 0.974 bits per heavy atom.